The van der Waals surface area contributed by atoms with Crippen LogP contribution in [0.2, 0.25) is 0 Å². The van der Waals surface area contributed by atoms with E-state index in [-0.39, 0.29) is 5.41 Å². The molecule has 0 spiro atoms. The van der Waals surface area contributed by atoms with Gasteiger partial charge in [-0.05, 0) is 65.1 Å². The highest BCUT2D eigenvalue weighted by Gasteiger charge is 2.37. The van der Waals surface area contributed by atoms with Crippen LogP contribution in [0.3, 0.4) is 0 Å². The first-order chi connectivity index (χ1) is 24.4. The summed E-state index contributed by atoms with van der Waals surface area (Å²) in [5.74, 6) is 1.89. The maximum absolute atomic E-state index is 5.11. The van der Waals surface area contributed by atoms with Crippen molar-refractivity contribution in [2.24, 2.45) is 0 Å². The lowest BCUT2D eigenvalue weighted by Crippen LogP contribution is -2.14. The number of nitrogens with zero attached hydrogens (tertiary/aromatic N) is 5. The first-order valence-corrected chi connectivity index (χ1v) is 17.8. The van der Waals surface area contributed by atoms with Crippen LogP contribution in [-0.2, 0) is 5.41 Å². The highest BCUT2D eigenvalue weighted by atomic mass is 32.1. The zero-order valence-corrected chi connectivity index (χ0v) is 28.7. The van der Waals surface area contributed by atoms with Crippen LogP contribution < -0.4 is 0 Å². The topological polar surface area (TPSA) is 56.5 Å². The van der Waals surface area contributed by atoms with Gasteiger partial charge in [0.25, 0.3) is 0 Å². The third-order valence-corrected chi connectivity index (χ3v) is 11.2. The van der Waals surface area contributed by atoms with Crippen molar-refractivity contribution in [1.82, 2.24) is 24.5 Å². The lowest BCUT2D eigenvalue weighted by Gasteiger charge is -2.22. The predicted octanol–water partition coefficient (Wildman–Crippen LogP) is 11.2. The van der Waals surface area contributed by atoms with Crippen molar-refractivity contribution in [2.75, 3.05) is 0 Å². The highest BCUT2D eigenvalue weighted by molar-refractivity contribution is 7.17. The van der Waals surface area contributed by atoms with Crippen molar-refractivity contribution >= 4 is 43.4 Å². The molecule has 10 rings (SSSR count). The van der Waals surface area contributed by atoms with E-state index in [9.17, 15) is 0 Å². The first-order valence-electron chi connectivity index (χ1n) is 16.9. The number of aromatic nitrogens is 5. The Kier molecular flexibility index (Phi) is 6.24. The molecule has 0 saturated heterocycles. The number of rotatable bonds is 4. The predicted molar refractivity (Wildman–Crippen MR) is 206 cm³/mol. The molecule has 0 radical (unpaired) electrons. The summed E-state index contributed by atoms with van der Waals surface area (Å²) in [6.45, 7) is 6.77. The number of hydrogen-bond acceptors (Lipinski definition) is 5. The summed E-state index contributed by atoms with van der Waals surface area (Å²) in [5, 5.41) is 2.32. The molecule has 3 heterocycles. The molecular weight excluding hydrogens is 631 g/mol. The smallest absolute Gasteiger partial charge is 0.238 e. The largest absolute Gasteiger partial charge is 0.278 e. The maximum Gasteiger partial charge on any atom is 0.238 e. The molecule has 5 nitrogen and oxygen atoms in total. The summed E-state index contributed by atoms with van der Waals surface area (Å²) in [6, 6.07) is 45.2. The molecule has 6 aromatic carbocycles. The monoisotopic (exact) mass is 661 g/mol. The lowest BCUT2D eigenvalue weighted by molar-refractivity contribution is 0.661. The third kappa shape index (κ3) is 4.31. The second-order valence-corrected chi connectivity index (χ2v) is 14.5. The van der Waals surface area contributed by atoms with Crippen molar-refractivity contribution in [1.29, 1.82) is 0 Å². The maximum atomic E-state index is 5.11. The molecule has 1 aliphatic carbocycles. The number of aryl methyl sites for hydroxylation is 1. The summed E-state index contributed by atoms with van der Waals surface area (Å²) < 4.78 is 3.46. The Morgan fingerprint density at radius 3 is 2.08 bits per heavy atom. The molecule has 3 aromatic heterocycles. The highest BCUT2D eigenvalue weighted by Crippen LogP contribution is 2.52. The van der Waals surface area contributed by atoms with E-state index in [4.69, 9.17) is 15.0 Å². The fourth-order valence-electron chi connectivity index (χ4n) is 7.70. The van der Waals surface area contributed by atoms with E-state index >= 15 is 0 Å². The average Bonchev–Trinajstić information content (AvgIpc) is 3.83. The van der Waals surface area contributed by atoms with Crippen molar-refractivity contribution in [2.45, 2.75) is 26.2 Å². The van der Waals surface area contributed by atoms with Gasteiger partial charge in [0.15, 0.2) is 11.6 Å². The SMILES string of the molecule is Cc1ccc(-c2nc(-c3ccccc3)nc(-n3c4ccccc4c4cc(-c5ccc6c(c5)C(C)(C)c5ccc7ncsc7c5-6)ccc43)n2)cc1. The van der Waals surface area contributed by atoms with Gasteiger partial charge in [-0.3, -0.25) is 4.57 Å². The fraction of sp³-hybridized carbons (Fsp3) is 0.0909. The molecule has 0 bridgehead atoms. The van der Waals surface area contributed by atoms with Crippen molar-refractivity contribution in [3.8, 4) is 51.0 Å². The second kappa shape index (κ2) is 10.8. The van der Waals surface area contributed by atoms with Crippen LogP contribution in [0, 0.1) is 6.92 Å². The van der Waals surface area contributed by atoms with Gasteiger partial charge >= 0.3 is 0 Å². The molecule has 0 fully saturated rings. The Hall–Kier alpha value is -5.98. The zero-order chi connectivity index (χ0) is 33.6. The normalized spacial score (nSPS) is 13.3. The number of benzene rings is 6. The molecule has 0 N–H and O–H groups in total. The van der Waals surface area contributed by atoms with E-state index < -0.39 is 0 Å². The molecule has 50 heavy (non-hydrogen) atoms. The number of para-hydroxylation sites is 1. The fourth-order valence-corrected chi connectivity index (χ4v) is 8.55. The van der Waals surface area contributed by atoms with Gasteiger partial charge in [-0.15, -0.1) is 11.3 Å². The van der Waals surface area contributed by atoms with Crippen molar-refractivity contribution in [3.05, 3.63) is 150 Å². The van der Waals surface area contributed by atoms with Crippen LogP contribution in [0.4, 0.5) is 0 Å². The summed E-state index contributed by atoms with van der Waals surface area (Å²) in [7, 11) is 0. The first kappa shape index (κ1) is 29.0. The van der Waals surface area contributed by atoms with Gasteiger partial charge in [0.05, 0.1) is 26.8 Å². The molecular formula is C44H31N5S. The van der Waals surface area contributed by atoms with Gasteiger partial charge in [0.1, 0.15) is 0 Å². The number of thiazole rings is 1. The zero-order valence-electron chi connectivity index (χ0n) is 27.8. The van der Waals surface area contributed by atoms with Crippen LogP contribution in [0.1, 0.15) is 30.5 Å². The van der Waals surface area contributed by atoms with Gasteiger partial charge in [-0.2, -0.15) is 9.97 Å². The van der Waals surface area contributed by atoms with Crippen LogP contribution >= 0.6 is 11.3 Å². The van der Waals surface area contributed by atoms with Gasteiger partial charge in [0.2, 0.25) is 5.95 Å². The standard InChI is InChI=1S/C44H31N5S/c1-26-13-15-28(16-14-26)42-46-41(27-9-5-4-6-10-27)47-43(48-42)49-37-12-8-7-11-31(37)33-23-29(18-22-38(33)49)30-17-19-32-35(24-30)44(2,3)34-20-21-36-40(39(32)34)50-25-45-36/h4-25H,1-3H3. The Morgan fingerprint density at radius 1 is 0.580 bits per heavy atom. The molecule has 0 aliphatic heterocycles. The van der Waals surface area contributed by atoms with Gasteiger partial charge in [-0.1, -0.05) is 116 Å². The van der Waals surface area contributed by atoms with Crippen molar-refractivity contribution in [3.63, 3.8) is 0 Å². The molecule has 1 aliphatic rings. The van der Waals surface area contributed by atoms with E-state index in [0.29, 0.717) is 17.6 Å². The average molecular weight is 662 g/mol. The van der Waals surface area contributed by atoms with E-state index in [0.717, 1.165) is 38.4 Å². The molecule has 0 amide bonds. The van der Waals surface area contributed by atoms with Crippen LogP contribution in [-0.4, -0.2) is 24.5 Å². The van der Waals surface area contributed by atoms with E-state index in [1.807, 2.05) is 35.8 Å². The number of fused-ring (bicyclic) bond motifs is 8. The Morgan fingerprint density at radius 2 is 1.26 bits per heavy atom. The van der Waals surface area contributed by atoms with Crippen molar-refractivity contribution < 1.29 is 0 Å². The third-order valence-electron chi connectivity index (χ3n) is 10.3. The molecule has 6 heteroatoms. The summed E-state index contributed by atoms with van der Waals surface area (Å²) in [5.41, 5.74) is 15.9. The summed E-state index contributed by atoms with van der Waals surface area (Å²) in [6.07, 6.45) is 0. The summed E-state index contributed by atoms with van der Waals surface area (Å²) >= 11 is 1.73. The van der Waals surface area contributed by atoms with Crippen LogP contribution in [0.5, 0.6) is 0 Å². The minimum absolute atomic E-state index is 0.108. The molecule has 0 atom stereocenters. The van der Waals surface area contributed by atoms with Gasteiger partial charge in [-0.25, -0.2) is 9.97 Å². The quantitative estimate of drug-likeness (QED) is 0.188. The van der Waals surface area contributed by atoms with Crippen LogP contribution in [0.15, 0.2) is 133 Å². The minimum Gasteiger partial charge on any atom is -0.278 e. The molecule has 238 valence electrons. The molecule has 0 saturated carbocycles. The minimum atomic E-state index is -0.108. The summed E-state index contributed by atoms with van der Waals surface area (Å²) in [4.78, 5) is 19.8. The number of hydrogen-bond donors (Lipinski definition) is 0. The van der Waals surface area contributed by atoms with Crippen LogP contribution in [0.25, 0.3) is 83.0 Å². The molecule has 9 aromatic rings. The second-order valence-electron chi connectivity index (χ2n) is 13.7. The van der Waals surface area contributed by atoms with Gasteiger partial charge in [0, 0.05) is 32.9 Å². The Labute approximate surface area is 293 Å². The van der Waals surface area contributed by atoms with E-state index in [1.54, 1.807) is 11.3 Å². The van der Waals surface area contributed by atoms with E-state index in [1.165, 1.54) is 43.6 Å². The van der Waals surface area contributed by atoms with E-state index in [2.05, 4.69) is 127 Å². The molecule has 0 unspecified atom stereocenters. The van der Waals surface area contributed by atoms with Gasteiger partial charge < -0.3 is 0 Å². The Balaban J connectivity index is 1.15. The Bertz CT molecular complexity index is 2790. The lowest BCUT2D eigenvalue weighted by atomic mass is 9.81.